The van der Waals surface area contributed by atoms with Crippen molar-refractivity contribution in [2.75, 3.05) is 12.0 Å². The van der Waals surface area contributed by atoms with Crippen LogP contribution in [0, 0.1) is 0 Å². The number of aliphatic carboxylic acids is 1. The molecular weight excluding hydrogens is 357 g/mol. The largest absolute Gasteiger partial charge is 0.480 e. The van der Waals surface area contributed by atoms with Crippen molar-refractivity contribution in [3.8, 4) is 11.3 Å². The number of carbonyl (C=O) groups is 1. The average molecular weight is 374 g/mol. The Balaban J connectivity index is 2.01. The molecule has 1 atom stereocenters. The second-order valence-electron chi connectivity index (χ2n) is 4.95. The van der Waals surface area contributed by atoms with Gasteiger partial charge in [0.05, 0.1) is 16.6 Å². The van der Waals surface area contributed by atoms with Crippen LogP contribution in [0.3, 0.4) is 0 Å². The van der Waals surface area contributed by atoms with Crippen LogP contribution in [0.1, 0.15) is 12.2 Å². The van der Waals surface area contributed by atoms with Crippen molar-refractivity contribution in [2.24, 2.45) is 0 Å². The Morgan fingerprint density at radius 2 is 2.09 bits per heavy atom. The zero-order valence-corrected chi connectivity index (χ0v) is 14.8. The standard InChI is InChI=1S/C16H17Cl2NO3S/c1-23-7-6-14(16(20)21)19-9-11-3-5-15(22-11)10-2-4-12(17)13(18)8-10/h2-5,8,14,19H,6-7,9H2,1H3,(H,20,21)/t14-/m0/s1. The molecule has 2 aromatic rings. The number of thioether (sulfide) groups is 1. The first kappa shape index (κ1) is 18.2. The van der Waals surface area contributed by atoms with E-state index < -0.39 is 12.0 Å². The van der Waals surface area contributed by atoms with Gasteiger partial charge in [0.1, 0.15) is 17.6 Å². The molecule has 0 fully saturated rings. The van der Waals surface area contributed by atoms with Crippen LogP contribution in [0.15, 0.2) is 34.7 Å². The highest BCUT2D eigenvalue weighted by molar-refractivity contribution is 7.98. The Labute approximate surface area is 149 Å². The molecule has 4 nitrogen and oxygen atoms in total. The van der Waals surface area contributed by atoms with E-state index in [0.29, 0.717) is 34.5 Å². The van der Waals surface area contributed by atoms with E-state index in [1.54, 1.807) is 23.9 Å². The van der Waals surface area contributed by atoms with Crippen LogP contribution in [-0.2, 0) is 11.3 Å². The van der Waals surface area contributed by atoms with Crippen LogP contribution >= 0.6 is 35.0 Å². The first-order valence-electron chi connectivity index (χ1n) is 7.00. The average Bonchev–Trinajstić information content (AvgIpc) is 2.98. The van der Waals surface area contributed by atoms with Gasteiger partial charge in [0, 0.05) is 5.56 Å². The minimum atomic E-state index is -0.852. The summed E-state index contributed by atoms with van der Waals surface area (Å²) < 4.78 is 5.74. The Kier molecular flexibility index (Phi) is 6.84. The summed E-state index contributed by atoms with van der Waals surface area (Å²) in [4.78, 5) is 11.2. The van der Waals surface area contributed by atoms with Gasteiger partial charge in [-0.1, -0.05) is 23.2 Å². The second-order valence-corrected chi connectivity index (χ2v) is 6.75. The van der Waals surface area contributed by atoms with Crippen LogP contribution < -0.4 is 5.32 Å². The quantitative estimate of drug-likeness (QED) is 0.710. The molecular formula is C16H17Cl2NO3S. The topological polar surface area (TPSA) is 62.5 Å². The third kappa shape index (κ3) is 5.18. The van der Waals surface area contributed by atoms with Gasteiger partial charge in [-0.25, -0.2) is 0 Å². The molecule has 2 rings (SSSR count). The van der Waals surface area contributed by atoms with Crippen molar-refractivity contribution in [1.29, 1.82) is 0 Å². The Morgan fingerprint density at radius 1 is 1.30 bits per heavy atom. The lowest BCUT2D eigenvalue weighted by atomic mass is 10.2. The van der Waals surface area contributed by atoms with Crippen molar-refractivity contribution in [3.05, 3.63) is 46.1 Å². The summed E-state index contributed by atoms with van der Waals surface area (Å²) in [5, 5.41) is 13.1. The smallest absolute Gasteiger partial charge is 0.320 e. The normalized spacial score (nSPS) is 12.3. The van der Waals surface area contributed by atoms with Gasteiger partial charge in [0.2, 0.25) is 0 Å². The molecule has 1 heterocycles. The van der Waals surface area contributed by atoms with Crippen molar-refractivity contribution < 1.29 is 14.3 Å². The van der Waals surface area contributed by atoms with E-state index >= 15 is 0 Å². The van der Waals surface area contributed by atoms with Crippen molar-refractivity contribution >= 4 is 40.9 Å². The number of carboxylic acid groups (broad SMARTS) is 1. The third-order valence-corrected chi connectivity index (χ3v) is 4.68. The molecule has 7 heteroatoms. The number of nitrogens with one attached hydrogen (secondary N) is 1. The van der Waals surface area contributed by atoms with E-state index in [4.69, 9.17) is 27.6 Å². The molecule has 0 saturated heterocycles. The molecule has 0 amide bonds. The van der Waals surface area contributed by atoms with Gasteiger partial charge in [-0.15, -0.1) is 0 Å². The van der Waals surface area contributed by atoms with Crippen molar-refractivity contribution in [3.63, 3.8) is 0 Å². The minimum absolute atomic E-state index is 0.354. The molecule has 0 aliphatic rings. The predicted octanol–water partition coefficient (Wildman–Crippen LogP) is 4.55. The summed E-state index contributed by atoms with van der Waals surface area (Å²) in [7, 11) is 0. The van der Waals surface area contributed by atoms with E-state index in [1.807, 2.05) is 24.5 Å². The number of carboxylic acids is 1. The number of hydrogen-bond acceptors (Lipinski definition) is 4. The SMILES string of the molecule is CSCC[C@H](NCc1ccc(-c2ccc(Cl)c(Cl)c2)o1)C(=O)O. The first-order chi connectivity index (χ1) is 11.0. The molecule has 0 aliphatic heterocycles. The maximum atomic E-state index is 11.2. The summed E-state index contributed by atoms with van der Waals surface area (Å²) in [6.07, 6.45) is 2.52. The van der Waals surface area contributed by atoms with Gasteiger partial charge in [-0.3, -0.25) is 10.1 Å². The summed E-state index contributed by atoms with van der Waals surface area (Å²) >= 11 is 13.5. The Hall–Kier alpha value is -1.14. The molecule has 0 unspecified atom stereocenters. The minimum Gasteiger partial charge on any atom is -0.480 e. The van der Waals surface area contributed by atoms with Gasteiger partial charge < -0.3 is 9.52 Å². The van der Waals surface area contributed by atoms with Gasteiger partial charge in [0.25, 0.3) is 0 Å². The van der Waals surface area contributed by atoms with Crippen LogP contribution in [0.25, 0.3) is 11.3 Å². The van der Waals surface area contributed by atoms with Gasteiger partial charge in [-0.2, -0.15) is 11.8 Å². The van der Waals surface area contributed by atoms with E-state index in [-0.39, 0.29) is 0 Å². The summed E-state index contributed by atoms with van der Waals surface area (Å²) in [5.41, 5.74) is 0.822. The fourth-order valence-corrected chi connectivity index (χ4v) is 2.82. The fraction of sp³-hybridized carbons (Fsp3) is 0.312. The Bertz CT molecular complexity index is 675. The van der Waals surface area contributed by atoms with Gasteiger partial charge in [-0.05, 0) is 48.8 Å². The summed E-state index contributed by atoms with van der Waals surface area (Å²) in [5.74, 6) is 1.27. The number of halogens is 2. The van der Waals surface area contributed by atoms with Crippen LogP contribution in [0.5, 0.6) is 0 Å². The number of rotatable bonds is 8. The number of benzene rings is 1. The molecule has 0 aliphatic carbocycles. The number of furan rings is 1. The summed E-state index contributed by atoms with van der Waals surface area (Å²) in [6, 6.07) is 8.33. The number of hydrogen-bond donors (Lipinski definition) is 2. The van der Waals surface area contributed by atoms with E-state index in [1.165, 1.54) is 0 Å². The van der Waals surface area contributed by atoms with Crippen LogP contribution in [0.4, 0.5) is 0 Å². The van der Waals surface area contributed by atoms with Crippen LogP contribution in [-0.4, -0.2) is 29.1 Å². The lowest BCUT2D eigenvalue weighted by Crippen LogP contribution is -2.36. The zero-order chi connectivity index (χ0) is 16.8. The molecule has 0 bridgehead atoms. The first-order valence-corrected chi connectivity index (χ1v) is 9.15. The molecule has 0 spiro atoms. The van der Waals surface area contributed by atoms with Crippen molar-refractivity contribution in [1.82, 2.24) is 5.32 Å². The Morgan fingerprint density at radius 3 is 2.74 bits per heavy atom. The highest BCUT2D eigenvalue weighted by Crippen LogP contribution is 2.29. The second kappa shape index (κ2) is 8.64. The van der Waals surface area contributed by atoms with Crippen molar-refractivity contribution in [2.45, 2.75) is 19.0 Å². The van der Waals surface area contributed by atoms with E-state index in [9.17, 15) is 9.90 Å². The van der Waals surface area contributed by atoms with E-state index in [0.717, 1.165) is 11.3 Å². The molecule has 2 N–H and O–H groups in total. The molecule has 23 heavy (non-hydrogen) atoms. The van der Waals surface area contributed by atoms with Crippen LogP contribution in [0.2, 0.25) is 10.0 Å². The summed E-state index contributed by atoms with van der Waals surface area (Å²) in [6.45, 7) is 0.354. The highest BCUT2D eigenvalue weighted by atomic mass is 35.5. The predicted molar refractivity (Wildman–Crippen MR) is 95.4 cm³/mol. The van der Waals surface area contributed by atoms with Gasteiger partial charge in [0.15, 0.2) is 0 Å². The zero-order valence-electron chi connectivity index (χ0n) is 12.5. The maximum absolute atomic E-state index is 11.2. The monoisotopic (exact) mass is 373 g/mol. The van der Waals surface area contributed by atoms with E-state index in [2.05, 4.69) is 5.32 Å². The van der Waals surface area contributed by atoms with Gasteiger partial charge >= 0.3 is 5.97 Å². The molecule has 1 aromatic carbocycles. The lowest BCUT2D eigenvalue weighted by Gasteiger charge is -2.12. The molecule has 0 saturated carbocycles. The maximum Gasteiger partial charge on any atom is 0.320 e. The molecule has 0 radical (unpaired) electrons. The molecule has 1 aromatic heterocycles. The fourth-order valence-electron chi connectivity index (χ4n) is 2.05. The lowest BCUT2D eigenvalue weighted by molar-refractivity contribution is -0.139. The third-order valence-electron chi connectivity index (χ3n) is 3.30. The highest BCUT2D eigenvalue weighted by Gasteiger charge is 2.17. The molecule has 124 valence electrons.